The number of halogens is 1. The van der Waals surface area contributed by atoms with Crippen LogP contribution >= 0.6 is 11.6 Å². The molecule has 0 bridgehead atoms. The average Bonchev–Trinajstić information content (AvgIpc) is 2.83. The zero-order chi connectivity index (χ0) is 23.4. The van der Waals surface area contributed by atoms with Gasteiger partial charge in [0.2, 0.25) is 5.91 Å². The molecule has 0 saturated carbocycles. The molecule has 1 aliphatic heterocycles. The van der Waals surface area contributed by atoms with Crippen molar-refractivity contribution in [3.8, 4) is 11.1 Å². The number of fused-ring (bicyclic) bond motifs is 1. The lowest BCUT2D eigenvalue weighted by Gasteiger charge is -2.27. The normalized spacial score (nSPS) is 14.3. The van der Waals surface area contributed by atoms with Gasteiger partial charge in [-0.15, -0.1) is 0 Å². The highest BCUT2D eigenvalue weighted by atomic mass is 35.5. The van der Waals surface area contributed by atoms with Crippen LogP contribution in [-0.4, -0.2) is 58.1 Å². The number of hydrogen-bond donors (Lipinski definition) is 1. The number of carbonyl (C=O) groups is 1. The van der Waals surface area contributed by atoms with Gasteiger partial charge in [-0.1, -0.05) is 28.9 Å². The highest BCUT2D eigenvalue weighted by Gasteiger charge is 2.22. The molecule has 3 aromatic rings. The summed E-state index contributed by atoms with van der Waals surface area (Å²) in [4.78, 5) is 32.8. The van der Waals surface area contributed by atoms with Gasteiger partial charge in [0.25, 0.3) is 5.56 Å². The molecule has 1 aliphatic rings. The molecule has 1 saturated heterocycles. The number of benzene rings is 1. The summed E-state index contributed by atoms with van der Waals surface area (Å²) in [5, 5.41) is 13.3. The Hall–Kier alpha value is -3.23. The maximum atomic E-state index is 13.6. The first-order valence-corrected chi connectivity index (χ1v) is 11.3. The Morgan fingerprint density at radius 2 is 2.06 bits per heavy atom. The van der Waals surface area contributed by atoms with Crippen molar-refractivity contribution in [1.29, 1.82) is 0 Å². The second-order valence-corrected chi connectivity index (χ2v) is 8.19. The Morgan fingerprint density at radius 3 is 2.76 bits per heavy atom. The number of oxime groups is 1. The highest BCUT2D eigenvalue weighted by Crippen LogP contribution is 2.32. The molecule has 8 nitrogen and oxygen atoms in total. The van der Waals surface area contributed by atoms with Gasteiger partial charge >= 0.3 is 0 Å². The van der Waals surface area contributed by atoms with Crippen LogP contribution in [0.5, 0.6) is 0 Å². The monoisotopic (exact) mass is 468 g/mol. The van der Waals surface area contributed by atoms with Crippen LogP contribution in [0.4, 0.5) is 0 Å². The molecular formula is C24H25ClN4O4. The SMILES string of the molecule is CCn1c(=O)c(CCC(=O)N2CCOCC2)c(-c2cccc(Cl)c2)c2ccc(C=NO)nc21. The summed E-state index contributed by atoms with van der Waals surface area (Å²) in [5.41, 5.74) is 2.78. The Bertz CT molecular complexity index is 1270. The Kier molecular flexibility index (Phi) is 7.05. The lowest BCUT2D eigenvalue weighted by atomic mass is 9.94. The first-order chi connectivity index (χ1) is 16.0. The predicted molar refractivity (Wildman–Crippen MR) is 127 cm³/mol. The third-order valence-corrected chi connectivity index (χ3v) is 6.03. The van der Waals surface area contributed by atoms with E-state index in [2.05, 4.69) is 10.1 Å². The standard InChI is InChI=1S/C24H25ClN4O4/c1-2-29-23-19(7-6-18(27-23)15-26-32)22(16-4-3-5-17(25)14-16)20(24(29)31)8-9-21(30)28-10-12-33-13-11-28/h3-7,14-15,32H,2,8-13H2,1H3. The van der Waals surface area contributed by atoms with Gasteiger partial charge in [-0.2, -0.15) is 0 Å². The average molecular weight is 469 g/mol. The number of pyridine rings is 2. The fourth-order valence-electron chi connectivity index (χ4n) is 4.23. The molecule has 1 fully saturated rings. The number of nitrogens with zero attached hydrogens (tertiary/aromatic N) is 4. The molecule has 4 rings (SSSR count). The summed E-state index contributed by atoms with van der Waals surface area (Å²) < 4.78 is 6.92. The molecular weight excluding hydrogens is 444 g/mol. The number of carbonyl (C=O) groups excluding carboxylic acids is 1. The zero-order valence-electron chi connectivity index (χ0n) is 18.3. The summed E-state index contributed by atoms with van der Waals surface area (Å²) in [6.07, 6.45) is 1.74. The first kappa shape index (κ1) is 22.9. The molecule has 1 N–H and O–H groups in total. The van der Waals surface area contributed by atoms with Gasteiger partial charge < -0.3 is 14.8 Å². The van der Waals surface area contributed by atoms with Gasteiger partial charge in [0, 0.05) is 47.6 Å². The van der Waals surface area contributed by atoms with E-state index in [-0.39, 0.29) is 17.9 Å². The predicted octanol–water partition coefficient (Wildman–Crippen LogP) is 3.34. The van der Waals surface area contributed by atoms with E-state index in [4.69, 9.17) is 21.5 Å². The van der Waals surface area contributed by atoms with Crippen molar-refractivity contribution in [1.82, 2.24) is 14.5 Å². The molecule has 0 aliphatic carbocycles. The van der Waals surface area contributed by atoms with E-state index in [1.807, 2.05) is 31.2 Å². The van der Waals surface area contributed by atoms with Crippen molar-refractivity contribution in [3.05, 3.63) is 63.0 Å². The van der Waals surface area contributed by atoms with Gasteiger partial charge in [-0.3, -0.25) is 14.2 Å². The van der Waals surface area contributed by atoms with Crippen molar-refractivity contribution in [2.24, 2.45) is 5.16 Å². The summed E-state index contributed by atoms with van der Waals surface area (Å²) in [6.45, 7) is 4.47. The molecule has 1 amide bonds. The lowest BCUT2D eigenvalue weighted by molar-refractivity contribution is -0.135. The number of amides is 1. The first-order valence-electron chi connectivity index (χ1n) is 10.9. The van der Waals surface area contributed by atoms with Crippen molar-refractivity contribution in [3.63, 3.8) is 0 Å². The quantitative estimate of drug-likeness (QED) is 0.340. The molecule has 2 aromatic heterocycles. The number of aryl methyl sites for hydroxylation is 1. The van der Waals surface area contributed by atoms with Crippen LogP contribution in [0, 0.1) is 0 Å². The van der Waals surface area contributed by atoms with E-state index in [9.17, 15) is 9.59 Å². The van der Waals surface area contributed by atoms with Crippen molar-refractivity contribution in [2.45, 2.75) is 26.3 Å². The van der Waals surface area contributed by atoms with Crippen LogP contribution in [0.25, 0.3) is 22.2 Å². The van der Waals surface area contributed by atoms with Gasteiger partial charge in [0.15, 0.2) is 0 Å². The van der Waals surface area contributed by atoms with Crippen molar-refractivity contribution in [2.75, 3.05) is 26.3 Å². The number of hydrogen-bond acceptors (Lipinski definition) is 6. The summed E-state index contributed by atoms with van der Waals surface area (Å²) in [6, 6.07) is 10.9. The molecule has 33 heavy (non-hydrogen) atoms. The van der Waals surface area contributed by atoms with Gasteiger partial charge in [0.05, 0.1) is 25.1 Å². The van der Waals surface area contributed by atoms with Crippen LogP contribution < -0.4 is 5.56 Å². The fourth-order valence-corrected chi connectivity index (χ4v) is 4.42. The molecule has 3 heterocycles. The molecule has 0 unspecified atom stereocenters. The Labute approximate surface area is 196 Å². The van der Waals surface area contributed by atoms with E-state index in [0.29, 0.717) is 61.2 Å². The number of aromatic nitrogens is 2. The summed E-state index contributed by atoms with van der Waals surface area (Å²) in [7, 11) is 0. The molecule has 9 heteroatoms. The molecule has 0 spiro atoms. The largest absolute Gasteiger partial charge is 0.411 e. The second kappa shape index (κ2) is 10.1. The van der Waals surface area contributed by atoms with Crippen LogP contribution in [0.1, 0.15) is 24.6 Å². The zero-order valence-corrected chi connectivity index (χ0v) is 19.1. The number of ether oxygens (including phenoxy) is 1. The summed E-state index contributed by atoms with van der Waals surface area (Å²) >= 11 is 6.28. The Morgan fingerprint density at radius 1 is 1.27 bits per heavy atom. The minimum absolute atomic E-state index is 0.00511. The summed E-state index contributed by atoms with van der Waals surface area (Å²) in [5.74, 6) is 0.00511. The lowest BCUT2D eigenvalue weighted by Crippen LogP contribution is -2.41. The third-order valence-electron chi connectivity index (χ3n) is 5.80. The Balaban J connectivity index is 1.87. The minimum Gasteiger partial charge on any atom is -0.411 e. The van der Waals surface area contributed by atoms with Crippen molar-refractivity contribution < 1.29 is 14.7 Å². The minimum atomic E-state index is -0.194. The van der Waals surface area contributed by atoms with Gasteiger partial charge in [-0.25, -0.2) is 4.98 Å². The van der Waals surface area contributed by atoms with Crippen LogP contribution in [0.2, 0.25) is 5.02 Å². The number of morpholine rings is 1. The third kappa shape index (κ3) is 4.77. The van der Waals surface area contributed by atoms with Crippen LogP contribution in [0.3, 0.4) is 0 Å². The molecule has 172 valence electrons. The van der Waals surface area contributed by atoms with E-state index >= 15 is 0 Å². The van der Waals surface area contributed by atoms with E-state index in [1.54, 1.807) is 21.6 Å². The maximum absolute atomic E-state index is 13.6. The number of rotatable bonds is 6. The van der Waals surface area contributed by atoms with E-state index in [0.717, 1.165) is 16.5 Å². The van der Waals surface area contributed by atoms with Crippen LogP contribution in [-0.2, 0) is 22.5 Å². The van der Waals surface area contributed by atoms with E-state index < -0.39 is 0 Å². The molecule has 1 aromatic carbocycles. The van der Waals surface area contributed by atoms with E-state index in [1.165, 1.54) is 6.21 Å². The second-order valence-electron chi connectivity index (χ2n) is 7.76. The maximum Gasteiger partial charge on any atom is 0.256 e. The smallest absolute Gasteiger partial charge is 0.256 e. The molecule has 0 radical (unpaired) electrons. The van der Waals surface area contributed by atoms with Crippen molar-refractivity contribution >= 4 is 34.8 Å². The van der Waals surface area contributed by atoms with Gasteiger partial charge in [0.1, 0.15) is 5.65 Å². The van der Waals surface area contributed by atoms with Gasteiger partial charge in [-0.05, 0) is 43.2 Å². The topological polar surface area (TPSA) is 97.0 Å². The molecule has 0 atom stereocenters. The van der Waals surface area contributed by atoms with Crippen LogP contribution in [0.15, 0.2) is 46.3 Å². The highest BCUT2D eigenvalue weighted by molar-refractivity contribution is 6.30. The fraction of sp³-hybridized carbons (Fsp3) is 0.333.